The van der Waals surface area contributed by atoms with E-state index in [1.165, 1.54) is 12.1 Å². The van der Waals surface area contributed by atoms with Crippen molar-refractivity contribution in [3.8, 4) is 5.75 Å². The molecule has 30 heavy (non-hydrogen) atoms. The van der Waals surface area contributed by atoms with Crippen LogP contribution in [0.15, 0.2) is 48.5 Å². The fraction of sp³-hybridized carbons (Fsp3) is 0.333. The predicted molar refractivity (Wildman–Crippen MR) is 102 cm³/mol. The maximum Gasteiger partial charge on any atom is 0.416 e. The zero-order chi connectivity index (χ0) is 22.1. The minimum absolute atomic E-state index is 0.0767. The number of amides is 1. The van der Waals surface area contributed by atoms with Crippen LogP contribution in [0, 0.1) is 0 Å². The summed E-state index contributed by atoms with van der Waals surface area (Å²) in [7, 11) is 0. The Labute approximate surface area is 171 Å². The summed E-state index contributed by atoms with van der Waals surface area (Å²) in [5.41, 5.74) is 0.526. The lowest BCUT2D eigenvalue weighted by atomic mass is 10.1. The molecule has 9 heteroatoms. The molecule has 0 aliphatic rings. The van der Waals surface area contributed by atoms with E-state index in [4.69, 9.17) is 14.6 Å². The van der Waals surface area contributed by atoms with Gasteiger partial charge >= 0.3 is 12.1 Å². The second-order valence-corrected chi connectivity index (χ2v) is 6.39. The number of hydrogen-bond acceptors (Lipinski definition) is 4. The summed E-state index contributed by atoms with van der Waals surface area (Å²) in [6.45, 7) is 1.82. The third-order valence-electron chi connectivity index (χ3n) is 4.13. The molecule has 0 aliphatic carbocycles. The number of ether oxygens (including phenoxy) is 2. The number of nitrogens with one attached hydrogen (secondary N) is 1. The van der Waals surface area contributed by atoms with Gasteiger partial charge in [-0.2, -0.15) is 13.2 Å². The maximum atomic E-state index is 12.5. The van der Waals surface area contributed by atoms with Gasteiger partial charge < -0.3 is 19.9 Å². The van der Waals surface area contributed by atoms with Crippen LogP contribution < -0.4 is 10.1 Å². The Morgan fingerprint density at radius 1 is 1.03 bits per heavy atom. The van der Waals surface area contributed by atoms with Crippen LogP contribution >= 0.6 is 0 Å². The van der Waals surface area contributed by atoms with Crippen molar-refractivity contribution >= 4 is 11.9 Å². The summed E-state index contributed by atoms with van der Waals surface area (Å²) in [6, 6.07) is 11.1. The Hall–Kier alpha value is -3.07. The first kappa shape index (κ1) is 23.2. The molecule has 0 radical (unpaired) electrons. The van der Waals surface area contributed by atoms with Crippen LogP contribution in [0.25, 0.3) is 0 Å². The maximum absolute atomic E-state index is 12.5. The fourth-order valence-electron chi connectivity index (χ4n) is 2.57. The number of carboxylic acids is 1. The Morgan fingerprint density at radius 3 is 2.17 bits per heavy atom. The lowest BCUT2D eigenvalue weighted by Gasteiger charge is -2.13. The third-order valence-corrected chi connectivity index (χ3v) is 4.13. The standard InChI is InChI=1S/C21H22F3NO5/c1-2-29-18(20(27)28)11-14-5-9-17(10-6-14)30-13-19(26)25-12-15-3-7-16(8-4-15)21(22,23)24/h3-10,18H,2,11-13H2,1H3,(H,25,26)(H,27,28)/t18-/m0/s1. The van der Waals surface area contributed by atoms with E-state index in [1.807, 2.05) is 0 Å². The summed E-state index contributed by atoms with van der Waals surface area (Å²) >= 11 is 0. The number of hydrogen-bond donors (Lipinski definition) is 2. The molecule has 0 saturated carbocycles. The monoisotopic (exact) mass is 425 g/mol. The average Bonchev–Trinajstić information content (AvgIpc) is 2.71. The van der Waals surface area contributed by atoms with Crippen molar-refractivity contribution < 1.29 is 37.3 Å². The largest absolute Gasteiger partial charge is 0.484 e. The lowest BCUT2D eigenvalue weighted by molar-refractivity contribution is -0.150. The van der Waals surface area contributed by atoms with Crippen LogP contribution in [0.1, 0.15) is 23.6 Å². The minimum atomic E-state index is -4.40. The predicted octanol–water partition coefficient (Wildman–Crippen LogP) is 3.43. The molecule has 0 bridgehead atoms. The van der Waals surface area contributed by atoms with E-state index in [1.54, 1.807) is 31.2 Å². The van der Waals surface area contributed by atoms with Gasteiger partial charge in [0.1, 0.15) is 5.75 Å². The molecule has 162 valence electrons. The van der Waals surface area contributed by atoms with E-state index >= 15 is 0 Å². The Morgan fingerprint density at radius 2 is 1.63 bits per heavy atom. The topological polar surface area (TPSA) is 84.9 Å². The van der Waals surface area contributed by atoms with Crippen molar-refractivity contribution in [2.45, 2.75) is 32.2 Å². The highest BCUT2D eigenvalue weighted by Crippen LogP contribution is 2.29. The summed E-state index contributed by atoms with van der Waals surface area (Å²) in [4.78, 5) is 23.0. The molecule has 0 aromatic heterocycles. The van der Waals surface area contributed by atoms with Crippen LogP contribution in [0.5, 0.6) is 5.75 Å². The van der Waals surface area contributed by atoms with Crippen LogP contribution in [-0.4, -0.2) is 36.3 Å². The first-order chi connectivity index (χ1) is 14.2. The van der Waals surface area contributed by atoms with Crippen molar-refractivity contribution in [2.24, 2.45) is 0 Å². The Kier molecular flexibility index (Phi) is 8.23. The first-order valence-corrected chi connectivity index (χ1v) is 9.18. The highest BCUT2D eigenvalue weighted by molar-refractivity contribution is 5.77. The third kappa shape index (κ3) is 7.40. The average molecular weight is 425 g/mol. The Bertz CT molecular complexity index is 835. The number of benzene rings is 2. The van der Waals surface area contributed by atoms with E-state index < -0.39 is 29.7 Å². The molecular formula is C21H22F3NO5. The number of alkyl halides is 3. The number of halogens is 3. The second-order valence-electron chi connectivity index (χ2n) is 6.39. The minimum Gasteiger partial charge on any atom is -0.484 e. The van der Waals surface area contributed by atoms with Crippen molar-refractivity contribution in [3.63, 3.8) is 0 Å². The van der Waals surface area contributed by atoms with Crippen molar-refractivity contribution in [3.05, 3.63) is 65.2 Å². The molecule has 2 aromatic carbocycles. The molecular weight excluding hydrogens is 403 g/mol. The first-order valence-electron chi connectivity index (χ1n) is 9.18. The summed E-state index contributed by atoms with van der Waals surface area (Å²) in [6.07, 6.45) is -5.13. The SMILES string of the molecule is CCO[C@@H](Cc1ccc(OCC(=O)NCc2ccc(C(F)(F)F)cc2)cc1)C(=O)O. The second kappa shape index (κ2) is 10.6. The van der Waals surface area contributed by atoms with Gasteiger partial charge in [-0.25, -0.2) is 4.79 Å². The molecule has 2 rings (SSSR count). The van der Waals surface area contributed by atoms with Crippen LogP contribution in [0.2, 0.25) is 0 Å². The van der Waals surface area contributed by atoms with E-state index in [0.717, 1.165) is 17.7 Å². The van der Waals surface area contributed by atoms with Gasteiger partial charge in [-0.05, 0) is 42.3 Å². The molecule has 1 amide bonds. The van der Waals surface area contributed by atoms with E-state index in [2.05, 4.69) is 5.32 Å². The molecule has 0 fully saturated rings. The van der Waals surface area contributed by atoms with Crippen molar-refractivity contribution in [1.29, 1.82) is 0 Å². The van der Waals surface area contributed by atoms with Crippen molar-refractivity contribution in [1.82, 2.24) is 5.32 Å². The van der Waals surface area contributed by atoms with Crippen LogP contribution in [-0.2, 0) is 33.5 Å². The molecule has 0 heterocycles. The van der Waals surface area contributed by atoms with Crippen LogP contribution in [0.4, 0.5) is 13.2 Å². The summed E-state index contributed by atoms with van der Waals surface area (Å²) in [5.74, 6) is -1.05. The van der Waals surface area contributed by atoms with Gasteiger partial charge in [0, 0.05) is 19.6 Å². The highest BCUT2D eigenvalue weighted by Gasteiger charge is 2.29. The van der Waals surface area contributed by atoms with Gasteiger partial charge in [0.2, 0.25) is 0 Å². The summed E-state index contributed by atoms with van der Waals surface area (Å²) in [5, 5.41) is 11.7. The lowest BCUT2D eigenvalue weighted by Crippen LogP contribution is -2.28. The van der Waals surface area contributed by atoms with Gasteiger partial charge in [0.25, 0.3) is 5.91 Å². The number of rotatable bonds is 10. The molecule has 6 nitrogen and oxygen atoms in total. The number of aliphatic carboxylic acids is 1. The summed E-state index contributed by atoms with van der Waals surface area (Å²) < 4.78 is 48.1. The van der Waals surface area contributed by atoms with Gasteiger partial charge in [-0.3, -0.25) is 4.79 Å². The normalized spacial score (nSPS) is 12.3. The number of carbonyl (C=O) groups excluding carboxylic acids is 1. The highest BCUT2D eigenvalue weighted by atomic mass is 19.4. The molecule has 0 saturated heterocycles. The molecule has 2 aromatic rings. The van der Waals surface area contributed by atoms with E-state index in [9.17, 15) is 22.8 Å². The molecule has 0 unspecified atom stereocenters. The van der Waals surface area contributed by atoms with Crippen molar-refractivity contribution in [2.75, 3.05) is 13.2 Å². The molecule has 1 atom stereocenters. The Balaban J connectivity index is 1.78. The van der Waals surface area contributed by atoms with E-state index in [-0.39, 0.29) is 19.6 Å². The number of carboxylic acid groups (broad SMARTS) is 1. The van der Waals surface area contributed by atoms with Crippen LogP contribution in [0.3, 0.4) is 0 Å². The number of carbonyl (C=O) groups is 2. The zero-order valence-electron chi connectivity index (χ0n) is 16.2. The quantitative estimate of drug-likeness (QED) is 0.609. The zero-order valence-corrected chi connectivity index (χ0v) is 16.2. The molecule has 0 aliphatic heterocycles. The van der Waals surface area contributed by atoms with Gasteiger partial charge in [0.15, 0.2) is 12.7 Å². The smallest absolute Gasteiger partial charge is 0.416 e. The van der Waals surface area contributed by atoms with Gasteiger partial charge in [0.05, 0.1) is 5.56 Å². The fourth-order valence-corrected chi connectivity index (χ4v) is 2.57. The van der Waals surface area contributed by atoms with Gasteiger partial charge in [-0.1, -0.05) is 24.3 Å². The van der Waals surface area contributed by atoms with E-state index in [0.29, 0.717) is 17.9 Å². The molecule has 2 N–H and O–H groups in total. The molecule has 0 spiro atoms. The van der Waals surface area contributed by atoms with Gasteiger partial charge in [-0.15, -0.1) is 0 Å².